The largest absolute Gasteiger partial charge is 0.396 e. The SMILES string of the molecule is OCC1CC2CCC(C1)N2Cc1ccccc1. The lowest BCUT2D eigenvalue weighted by Crippen LogP contribution is -2.43. The molecule has 1 N–H and O–H groups in total. The Morgan fingerprint density at radius 2 is 1.71 bits per heavy atom. The summed E-state index contributed by atoms with van der Waals surface area (Å²) in [6, 6.07) is 12.2. The predicted octanol–water partition coefficient (Wildman–Crippen LogP) is 2.42. The van der Waals surface area contributed by atoms with Crippen LogP contribution in [-0.2, 0) is 6.54 Å². The predicted molar refractivity (Wildman–Crippen MR) is 68.6 cm³/mol. The van der Waals surface area contributed by atoms with Gasteiger partial charge in [0.1, 0.15) is 0 Å². The molecular weight excluding hydrogens is 210 g/mol. The first kappa shape index (κ1) is 11.2. The zero-order chi connectivity index (χ0) is 11.7. The molecule has 0 amide bonds. The maximum Gasteiger partial charge on any atom is 0.0460 e. The van der Waals surface area contributed by atoms with E-state index in [1.54, 1.807) is 0 Å². The van der Waals surface area contributed by atoms with Gasteiger partial charge in [-0.15, -0.1) is 0 Å². The zero-order valence-electron chi connectivity index (χ0n) is 10.3. The van der Waals surface area contributed by atoms with Crippen molar-refractivity contribution in [3.05, 3.63) is 35.9 Å². The fourth-order valence-electron chi connectivity index (χ4n) is 3.59. The molecule has 2 nitrogen and oxygen atoms in total. The van der Waals surface area contributed by atoms with Gasteiger partial charge in [0.15, 0.2) is 0 Å². The van der Waals surface area contributed by atoms with Gasteiger partial charge in [0.25, 0.3) is 0 Å². The standard InChI is InChI=1S/C15H21NO/c17-11-13-8-14-6-7-15(9-13)16(14)10-12-4-2-1-3-5-12/h1-5,13-15,17H,6-11H2. The molecule has 2 aliphatic heterocycles. The summed E-state index contributed by atoms with van der Waals surface area (Å²) < 4.78 is 0. The molecule has 2 fully saturated rings. The summed E-state index contributed by atoms with van der Waals surface area (Å²) in [6.45, 7) is 1.47. The average molecular weight is 231 g/mol. The third-order valence-electron chi connectivity index (χ3n) is 4.45. The molecule has 0 spiro atoms. The molecule has 0 saturated carbocycles. The fourth-order valence-corrected chi connectivity index (χ4v) is 3.59. The van der Waals surface area contributed by atoms with Crippen LogP contribution in [0.5, 0.6) is 0 Å². The van der Waals surface area contributed by atoms with Crippen LogP contribution in [0.1, 0.15) is 31.2 Å². The second-order valence-electron chi connectivity index (χ2n) is 5.56. The first-order valence-corrected chi connectivity index (χ1v) is 6.77. The molecule has 17 heavy (non-hydrogen) atoms. The number of aliphatic hydroxyl groups is 1. The number of benzene rings is 1. The van der Waals surface area contributed by atoms with Crippen molar-refractivity contribution >= 4 is 0 Å². The van der Waals surface area contributed by atoms with E-state index in [2.05, 4.69) is 35.2 Å². The maximum absolute atomic E-state index is 9.31. The van der Waals surface area contributed by atoms with Crippen molar-refractivity contribution < 1.29 is 5.11 Å². The lowest BCUT2D eigenvalue weighted by atomic mass is 9.91. The Bertz CT molecular complexity index is 350. The number of hydrogen-bond acceptors (Lipinski definition) is 2. The number of aliphatic hydroxyl groups excluding tert-OH is 1. The summed E-state index contributed by atoms with van der Waals surface area (Å²) in [6.07, 6.45) is 5.04. The Morgan fingerprint density at radius 3 is 2.29 bits per heavy atom. The number of piperidine rings is 1. The zero-order valence-corrected chi connectivity index (χ0v) is 10.3. The van der Waals surface area contributed by atoms with Crippen LogP contribution >= 0.6 is 0 Å². The summed E-state index contributed by atoms with van der Waals surface area (Å²) in [7, 11) is 0. The van der Waals surface area contributed by atoms with E-state index in [9.17, 15) is 5.11 Å². The molecule has 0 aromatic heterocycles. The number of nitrogens with zero attached hydrogens (tertiary/aromatic N) is 1. The number of rotatable bonds is 3. The maximum atomic E-state index is 9.31. The Morgan fingerprint density at radius 1 is 1.06 bits per heavy atom. The highest BCUT2D eigenvalue weighted by Crippen LogP contribution is 2.39. The van der Waals surface area contributed by atoms with E-state index in [4.69, 9.17) is 0 Å². The third kappa shape index (κ3) is 2.24. The van der Waals surface area contributed by atoms with Gasteiger partial charge in [0.05, 0.1) is 0 Å². The molecule has 1 aromatic rings. The van der Waals surface area contributed by atoms with Crippen molar-refractivity contribution in [2.24, 2.45) is 5.92 Å². The number of fused-ring (bicyclic) bond motifs is 2. The molecular formula is C15H21NO. The molecule has 92 valence electrons. The smallest absolute Gasteiger partial charge is 0.0460 e. The minimum atomic E-state index is 0.381. The van der Waals surface area contributed by atoms with E-state index in [-0.39, 0.29) is 0 Å². The van der Waals surface area contributed by atoms with Gasteiger partial charge in [-0.1, -0.05) is 30.3 Å². The van der Waals surface area contributed by atoms with Gasteiger partial charge >= 0.3 is 0 Å². The van der Waals surface area contributed by atoms with Crippen molar-refractivity contribution in [2.75, 3.05) is 6.61 Å². The molecule has 2 saturated heterocycles. The third-order valence-corrected chi connectivity index (χ3v) is 4.45. The van der Waals surface area contributed by atoms with Gasteiger partial charge in [-0.3, -0.25) is 4.90 Å². The van der Waals surface area contributed by atoms with Crippen LogP contribution in [0.4, 0.5) is 0 Å². The topological polar surface area (TPSA) is 23.5 Å². The molecule has 1 aromatic carbocycles. The van der Waals surface area contributed by atoms with Gasteiger partial charge in [-0.05, 0) is 37.2 Å². The second kappa shape index (κ2) is 4.79. The molecule has 0 aliphatic carbocycles. The molecule has 2 aliphatic rings. The molecule has 2 atom stereocenters. The van der Waals surface area contributed by atoms with Crippen molar-refractivity contribution in [2.45, 2.75) is 44.3 Å². The highest BCUT2D eigenvalue weighted by atomic mass is 16.3. The van der Waals surface area contributed by atoms with Gasteiger partial charge in [-0.25, -0.2) is 0 Å². The van der Waals surface area contributed by atoms with Gasteiger partial charge in [-0.2, -0.15) is 0 Å². The molecule has 2 bridgehead atoms. The summed E-state index contributed by atoms with van der Waals surface area (Å²) >= 11 is 0. The fraction of sp³-hybridized carbons (Fsp3) is 0.600. The summed E-state index contributed by atoms with van der Waals surface area (Å²) in [5.41, 5.74) is 1.42. The van der Waals surface area contributed by atoms with Crippen LogP contribution in [0, 0.1) is 5.92 Å². The first-order valence-electron chi connectivity index (χ1n) is 6.77. The molecule has 0 radical (unpaired) electrons. The van der Waals surface area contributed by atoms with Crippen LogP contribution in [0.25, 0.3) is 0 Å². The van der Waals surface area contributed by atoms with Crippen molar-refractivity contribution in [1.29, 1.82) is 0 Å². The Balaban J connectivity index is 1.69. The quantitative estimate of drug-likeness (QED) is 0.863. The van der Waals surface area contributed by atoms with Crippen LogP contribution in [0.15, 0.2) is 30.3 Å². The van der Waals surface area contributed by atoms with E-state index in [0.717, 1.165) is 6.54 Å². The minimum absolute atomic E-state index is 0.381. The molecule has 3 rings (SSSR count). The lowest BCUT2D eigenvalue weighted by molar-refractivity contribution is 0.0683. The number of hydrogen-bond donors (Lipinski definition) is 1. The highest BCUT2D eigenvalue weighted by molar-refractivity contribution is 5.15. The minimum Gasteiger partial charge on any atom is -0.396 e. The van der Waals surface area contributed by atoms with E-state index in [1.165, 1.54) is 31.2 Å². The van der Waals surface area contributed by atoms with E-state index in [0.29, 0.717) is 24.6 Å². The van der Waals surface area contributed by atoms with Gasteiger partial charge < -0.3 is 5.11 Å². The monoisotopic (exact) mass is 231 g/mol. The Hall–Kier alpha value is -0.860. The lowest BCUT2D eigenvalue weighted by Gasteiger charge is -2.38. The van der Waals surface area contributed by atoms with E-state index < -0.39 is 0 Å². The van der Waals surface area contributed by atoms with E-state index in [1.807, 2.05) is 0 Å². The van der Waals surface area contributed by atoms with E-state index >= 15 is 0 Å². The van der Waals surface area contributed by atoms with Gasteiger partial charge in [0, 0.05) is 25.2 Å². The average Bonchev–Trinajstić information content (AvgIpc) is 2.63. The highest BCUT2D eigenvalue weighted by Gasteiger charge is 2.39. The van der Waals surface area contributed by atoms with Crippen molar-refractivity contribution in [3.63, 3.8) is 0 Å². The Labute approximate surface area is 103 Å². The molecule has 2 heteroatoms. The first-order chi connectivity index (χ1) is 8.36. The van der Waals surface area contributed by atoms with Crippen LogP contribution in [-0.4, -0.2) is 28.7 Å². The summed E-state index contributed by atoms with van der Waals surface area (Å²) in [5, 5.41) is 9.31. The summed E-state index contributed by atoms with van der Waals surface area (Å²) in [5.74, 6) is 0.555. The second-order valence-corrected chi connectivity index (χ2v) is 5.56. The van der Waals surface area contributed by atoms with Crippen LogP contribution in [0.2, 0.25) is 0 Å². The Kier molecular flexibility index (Phi) is 3.17. The van der Waals surface area contributed by atoms with Gasteiger partial charge in [0.2, 0.25) is 0 Å². The molecule has 2 heterocycles. The van der Waals surface area contributed by atoms with Crippen LogP contribution in [0.3, 0.4) is 0 Å². The summed E-state index contributed by atoms with van der Waals surface area (Å²) in [4.78, 5) is 2.67. The normalized spacial score (nSPS) is 32.9. The van der Waals surface area contributed by atoms with Crippen molar-refractivity contribution in [1.82, 2.24) is 4.90 Å². The molecule has 2 unspecified atom stereocenters. The van der Waals surface area contributed by atoms with Crippen LogP contribution < -0.4 is 0 Å². The van der Waals surface area contributed by atoms with Crippen molar-refractivity contribution in [3.8, 4) is 0 Å².